The fourth-order valence-electron chi connectivity index (χ4n) is 3.88. The minimum absolute atomic E-state index is 0. The van der Waals surface area contributed by atoms with Crippen molar-refractivity contribution >= 4 is 39.0 Å². The van der Waals surface area contributed by atoms with Gasteiger partial charge < -0.3 is 38.1 Å². The van der Waals surface area contributed by atoms with Crippen LogP contribution in [0.15, 0.2) is 0 Å². The van der Waals surface area contributed by atoms with Crippen LogP contribution in [0, 0.1) is 62.8 Å². The molecule has 1 unspecified atom stereocenters. The molecule has 0 heterocycles. The summed E-state index contributed by atoms with van der Waals surface area (Å²) >= 11 is 0. The summed E-state index contributed by atoms with van der Waals surface area (Å²) in [5, 5.41) is 39.2. The van der Waals surface area contributed by atoms with Crippen LogP contribution in [0.2, 0.25) is 0 Å². The number of carboxylic acids is 4. The van der Waals surface area contributed by atoms with Crippen LogP contribution in [0.3, 0.4) is 0 Å². The van der Waals surface area contributed by atoms with E-state index in [0.29, 0.717) is 6.42 Å². The first-order valence-corrected chi connectivity index (χ1v) is 13.6. The Labute approximate surface area is 275 Å². The molecule has 0 aromatic carbocycles. The molecule has 0 saturated carbocycles. The summed E-state index contributed by atoms with van der Waals surface area (Å²) in [6.07, 6.45) is 5.61. The fraction of sp³-hybridized carbons (Fsp3) is 0.654. The quantitative estimate of drug-likeness (QED) is 0.0638. The Morgan fingerprint density at radius 2 is 1.15 bits per heavy atom. The van der Waals surface area contributed by atoms with Crippen LogP contribution < -0.4 is 5.32 Å². The van der Waals surface area contributed by atoms with Gasteiger partial charge in [-0.25, -0.2) is 0 Å². The van der Waals surface area contributed by atoms with Crippen molar-refractivity contribution in [2.45, 2.75) is 45.6 Å². The van der Waals surface area contributed by atoms with Crippen molar-refractivity contribution in [2.24, 2.45) is 0 Å². The Morgan fingerprint density at radius 3 is 1.49 bits per heavy atom. The Kier molecular flexibility index (Phi) is 23.4. The van der Waals surface area contributed by atoms with E-state index < -0.39 is 55.6 Å². The second-order valence-corrected chi connectivity index (χ2v) is 10.5. The Balaban J connectivity index is 0. The molecule has 13 nitrogen and oxygen atoms in total. The largest absolute Gasteiger partial charge is 0.480 e. The standard InChI is InChI=1S/C21H38N4O9P.C5H5.Tb/c1-15(14-35)8-21(2,3)22-16(26)9-24(11-18(29)30)6-4-23(10-17(27)28)5-7-25(12-19(31)32)13-20(33)34;1-2-4-5-3-1;/h4-14,35H2,1-3H3,(H,22,26)(H,27,28)(H,29,30)(H,31,32)(H,33,34);1H,2-3H2;/q2*-1;. The molecule has 0 aromatic heterocycles. The molecular formula is C26H43N4O9PTb-2. The number of hydrogen-bond donors (Lipinski definition) is 5. The third-order valence-electron chi connectivity index (χ3n) is 5.46. The number of hydrogen-bond acceptors (Lipinski definition) is 8. The minimum atomic E-state index is -1.22. The van der Waals surface area contributed by atoms with E-state index >= 15 is 0 Å². The molecule has 0 saturated heterocycles. The van der Waals surface area contributed by atoms with E-state index in [-0.39, 0.29) is 77.2 Å². The first-order valence-electron chi connectivity index (χ1n) is 12.8. The molecule has 237 valence electrons. The van der Waals surface area contributed by atoms with Crippen molar-refractivity contribution in [3.8, 4) is 11.8 Å². The van der Waals surface area contributed by atoms with Crippen molar-refractivity contribution in [3.05, 3.63) is 12.3 Å². The van der Waals surface area contributed by atoms with Gasteiger partial charge in [0.25, 0.3) is 0 Å². The summed E-state index contributed by atoms with van der Waals surface area (Å²) in [5.41, 5.74) is -0.528. The van der Waals surface area contributed by atoms with E-state index in [1.807, 2.05) is 20.8 Å². The average molecular weight is 746 g/mol. The zero-order valence-electron chi connectivity index (χ0n) is 23.9. The van der Waals surface area contributed by atoms with Gasteiger partial charge in [0.1, 0.15) is 0 Å². The monoisotopic (exact) mass is 745 g/mol. The first-order chi connectivity index (χ1) is 18.6. The van der Waals surface area contributed by atoms with Crippen LogP contribution in [-0.4, -0.2) is 136 Å². The predicted molar refractivity (Wildman–Crippen MR) is 152 cm³/mol. The zero-order valence-corrected chi connectivity index (χ0v) is 27.1. The number of aliphatic carboxylic acids is 4. The molecule has 1 amide bonds. The van der Waals surface area contributed by atoms with Crippen molar-refractivity contribution < 1.29 is 83.0 Å². The molecule has 15 heteroatoms. The number of carboxylic acid groups (broad SMARTS) is 4. The summed E-state index contributed by atoms with van der Waals surface area (Å²) in [7, 11) is 2.62. The molecule has 0 bridgehead atoms. The van der Waals surface area contributed by atoms with Crippen LogP contribution in [0.5, 0.6) is 0 Å². The summed E-state index contributed by atoms with van der Waals surface area (Å²) in [6.45, 7) is 3.74. The van der Waals surface area contributed by atoms with Crippen LogP contribution in [-0.2, 0) is 24.0 Å². The van der Waals surface area contributed by atoms with Gasteiger partial charge in [-0.1, -0.05) is 0 Å². The number of nitrogens with one attached hydrogen (secondary N) is 1. The third kappa shape index (κ3) is 24.8. The molecule has 41 heavy (non-hydrogen) atoms. The van der Waals surface area contributed by atoms with Crippen molar-refractivity contribution in [3.63, 3.8) is 0 Å². The molecule has 1 aliphatic carbocycles. The van der Waals surface area contributed by atoms with Crippen molar-refractivity contribution in [1.82, 2.24) is 20.0 Å². The Bertz CT molecular complexity index is 887. The number of amides is 1. The third-order valence-corrected chi connectivity index (χ3v) is 6.15. The van der Waals surface area contributed by atoms with E-state index in [9.17, 15) is 34.2 Å². The average Bonchev–Trinajstić information content (AvgIpc) is 3.38. The summed E-state index contributed by atoms with van der Waals surface area (Å²) in [5.74, 6) is 1.89. The number of carbonyl (C=O) groups is 5. The molecule has 5 N–H and O–H groups in total. The Hall–Kier alpha value is -1.49. The zero-order chi connectivity index (χ0) is 30.7. The van der Waals surface area contributed by atoms with Crippen molar-refractivity contribution in [1.29, 1.82) is 0 Å². The molecule has 0 aliphatic heterocycles. The molecule has 0 aromatic rings. The van der Waals surface area contributed by atoms with E-state index in [1.165, 1.54) is 15.7 Å². The summed E-state index contributed by atoms with van der Waals surface area (Å²) in [6, 6.07) is 0. The molecule has 0 fully saturated rings. The minimum Gasteiger partial charge on any atom is -0.480 e. The van der Waals surface area contributed by atoms with Crippen LogP contribution in [0.25, 0.3) is 0 Å². The number of rotatable bonds is 20. The normalized spacial score (nSPS) is 12.3. The predicted octanol–water partition coefficient (Wildman–Crippen LogP) is -0.0269. The maximum Gasteiger partial charge on any atom is 0.317 e. The maximum absolute atomic E-state index is 12.6. The van der Waals surface area contributed by atoms with Gasteiger partial charge in [-0.15, -0.1) is 24.7 Å². The van der Waals surface area contributed by atoms with Gasteiger partial charge in [-0.2, -0.15) is 28.7 Å². The van der Waals surface area contributed by atoms with Gasteiger partial charge in [-0.3, -0.25) is 38.7 Å². The van der Waals surface area contributed by atoms with E-state index in [2.05, 4.69) is 32.8 Å². The molecule has 1 aliphatic rings. The second kappa shape index (κ2) is 23.0. The van der Waals surface area contributed by atoms with Gasteiger partial charge in [0.05, 0.1) is 32.7 Å². The second-order valence-electron chi connectivity index (χ2n) is 10.1. The molecular weight excluding hydrogens is 702 g/mol. The van der Waals surface area contributed by atoms with E-state index in [1.54, 1.807) is 0 Å². The van der Waals surface area contributed by atoms with Gasteiger partial charge in [0.2, 0.25) is 5.91 Å². The van der Waals surface area contributed by atoms with Gasteiger partial charge in [-0.05, 0) is 13.8 Å². The van der Waals surface area contributed by atoms with Crippen LogP contribution >= 0.6 is 9.24 Å². The fourth-order valence-corrected chi connectivity index (χ4v) is 4.02. The Morgan fingerprint density at radius 1 is 0.780 bits per heavy atom. The van der Waals surface area contributed by atoms with Gasteiger partial charge in [0, 0.05) is 70.3 Å². The maximum atomic E-state index is 12.6. The molecule has 1 atom stereocenters. The van der Waals surface area contributed by atoms with E-state index in [4.69, 9.17) is 10.2 Å². The smallest absolute Gasteiger partial charge is 0.317 e. The van der Waals surface area contributed by atoms with E-state index in [0.717, 1.165) is 23.9 Å². The van der Waals surface area contributed by atoms with Crippen LogP contribution in [0.4, 0.5) is 0 Å². The van der Waals surface area contributed by atoms with Crippen LogP contribution in [0.1, 0.15) is 40.0 Å². The summed E-state index contributed by atoms with van der Waals surface area (Å²) in [4.78, 5) is 61.0. The van der Waals surface area contributed by atoms with Gasteiger partial charge >= 0.3 is 23.9 Å². The van der Waals surface area contributed by atoms with Crippen molar-refractivity contribution in [2.75, 3.05) is 65.1 Å². The first kappa shape index (κ1) is 41.6. The number of nitrogens with zero attached hydrogens (tertiary/aromatic N) is 3. The molecule has 1 radical (unpaired) electrons. The topological polar surface area (TPSA) is 188 Å². The number of carbonyl (C=O) groups excluding carboxylic acids is 1. The summed E-state index contributed by atoms with van der Waals surface area (Å²) < 4.78 is 0. The molecule has 0 spiro atoms. The SMILES string of the molecule is C1#CC[CH-]C1.C[C-](CP)CC(C)(C)NC(=O)CN(CCN(CCN(CC(=O)O)CC(=O)O)CC(=O)O)CC(=O)O.[Tb]. The van der Waals surface area contributed by atoms with Gasteiger partial charge in [0.15, 0.2) is 0 Å². The molecule has 1 rings (SSSR count).